The number of hydrogen-bond donors (Lipinski definition) is 0. The Morgan fingerprint density at radius 1 is 1.04 bits per heavy atom. The molecule has 0 spiro atoms. The first-order valence-corrected chi connectivity index (χ1v) is 8.33. The number of pyridine rings is 1. The van der Waals surface area contributed by atoms with Crippen LogP contribution in [0.3, 0.4) is 0 Å². The highest BCUT2D eigenvalue weighted by molar-refractivity contribution is 6.35. The van der Waals surface area contributed by atoms with Gasteiger partial charge in [0.1, 0.15) is 10.0 Å². The Bertz CT molecular complexity index is 719. The second kappa shape index (κ2) is 8.54. The smallest absolute Gasteiger partial charge is 0.387 e. The molecule has 0 aliphatic rings. The van der Waals surface area contributed by atoms with E-state index in [1.165, 1.54) is 18.5 Å². The quantitative estimate of drug-likeness (QED) is 0.502. The van der Waals surface area contributed by atoms with Crippen LogP contribution in [-0.4, -0.2) is 12.7 Å². The number of nitrogens with zero attached hydrogens (tertiary/aromatic N) is 1. The van der Waals surface area contributed by atoms with E-state index in [0.29, 0.717) is 23.1 Å². The third kappa shape index (κ3) is 5.61. The molecule has 0 amide bonds. The number of aromatic nitrogens is 1. The average Bonchev–Trinajstić information content (AvgIpc) is 2.47. The van der Waals surface area contributed by atoms with Gasteiger partial charge in [-0.2, -0.15) is 13.5 Å². The highest BCUT2D eigenvalue weighted by Gasteiger charge is 2.15. The summed E-state index contributed by atoms with van der Waals surface area (Å²) in [7, 11) is 0. The molecule has 4 nitrogen and oxygen atoms in total. The lowest BCUT2D eigenvalue weighted by Gasteiger charge is -2.16. The van der Waals surface area contributed by atoms with Gasteiger partial charge in [0, 0.05) is 5.56 Å². The van der Waals surface area contributed by atoms with Crippen LogP contribution < -0.4 is 14.2 Å². The number of halogens is 4. The zero-order valence-corrected chi connectivity index (χ0v) is 15.2. The van der Waals surface area contributed by atoms with Crippen LogP contribution in [0.2, 0.25) is 10.0 Å². The van der Waals surface area contributed by atoms with E-state index in [2.05, 4.69) is 4.74 Å². The van der Waals surface area contributed by atoms with Gasteiger partial charge in [-0.1, -0.05) is 29.3 Å². The van der Waals surface area contributed by atoms with Gasteiger partial charge in [-0.25, -0.2) is 0 Å². The van der Waals surface area contributed by atoms with E-state index in [-0.39, 0.29) is 27.6 Å². The minimum Gasteiger partial charge on any atom is -0.619 e. The summed E-state index contributed by atoms with van der Waals surface area (Å²) in [6.07, 6.45) is 3.28. The molecule has 8 heteroatoms. The second-order valence-corrected chi connectivity index (χ2v) is 6.43. The summed E-state index contributed by atoms with van der Waals surface area (Å²) in [6.45, 7) is 0.655. The highest BCUT2D eigenvalue weighted by atomic mass is 35.5. The first-order chi connectivity index (χ1) is 11.8. The molecular formula is C17H17Cl2F2NO3. The van der Waals surface area contributed by atoms with Crippen LogP contribution >= 0.6 is 23.2 Å². The molecule has 0 saturated heterocycles. The van der Waals surface area contributed by atoms with Crippen molar-refractivity contribution in [3.63, 3.8) is 0 Å². The van der Waals surface area contributed by atoms with Crippen LogP contribution in [0.25, 0.3) is 0 Å². The largest absolute Gasteiger partial charge is 0.619 e. The van der Waals surface area contributed by atoms with Gasteiger partial charge in [0.05, 0.1) is 6.10 Å². The van der Waals surface area contributed by atoms with Crippen LogP contribution in [0.5, 0.6) is 11.5 Å². The molecule has 0 aliphatic carbocycles. The molecule has 0 bridgehead atoms. The normalized spacial score (nSPS) is 11.2. The monoisotopic (exact) mass is 391 g/mol. The van der Waals surface area contributed by atoms with Crippen molar-refractivity contribution in [2.45, 2.75) is 39.4 Å². The van der Waals surface area contributed by atoms with Crippen molar-refractivity contribution in [1.82, 2.24) is 0 Å². The van der Waals surface area contributed by atoms with Crippen LogP contribution in [0.1, 0.15) is 25.0 Å². The fraction of sp³-hybridized carbons (Fsp3) is 0.353. The lowest BCUT2D eigenvalue weighted by molar-refractivity contribution is -0.605. The number of aryl methyl sites for hydroxylation is 1. The van der Waals surface area contributed by atoms with Crippen molar-refractivity contribution < 1.29 is 23.0 Å². The zero-order chi connectivity index (χ0) is 18.6. The SMILES string of the molecule is CC(C)Oc1cc(CCc2c(Cl)c[n+]([O-])cc2Cl)ccc1OC(F)F. The molecule has 0 N–H and O–H groups in total. The molecular weight excluding hydrogens is 375 g/mol. The zero-order valence-electron chi connectivity index (χ0n) is 13.6. The summed E-state index contributed by atoms with van der Waals surface area (Å²) in [5, 5.41) is 11.8. The number of benzene rings is 1. The van der Waals surface area contributed by atoms with Crippen LogP contribution in [0.4, 0.5) is 8.78 Å². The highest BCUT2D eigenvalue weighted by Crippen LogP contribution is 2.32. The number of ether oxygens (including phenoxy) is 2. The topological polar surface area (TPSA) is 45.4 Å². The summed E-state index contributed by atoms with van der Waals surface area (Å²) >= 11 is 12.1. The average molecular weight is 392 g/mol. The lowest BCUT2D eigenvalue weighted by Crippen LogP contribution is -2.25. The second-order valence-electron chi connectivity index (χ2n) is 5.62. The molecule has 0 saturated carbocycles. The van der Waals surface area contributed by atoms with Crippen molar-refractivity contribution in [1.29, 1.82) is 0 Å². The number of hydrogen-bond acceptors (Lipinski definition) is 3. The molecule has 2 rings (SSSR count). The predicted molar refractivity (Wildman–Crippen MR) is 91.7 cm³/mol. The fourth-order valence-corrected chi connectivity index (χ4v) is 2.92. The number of rotatable bonds is 7. The Morgan fingerprint density at radius 3 is 2.24 bits per heavy atom. The molecule has 2 aromatic rings. The van der Waals surface area contributed by atoms with Crippen LogP contribution in [0, 0.1) is 5.21 Å². The molecule has 1 heterocycles. The van der Waals surface area contributed by atoms with Gasteiger partial charge >= 0.3 is 6.61 Å². The molecule has 0 fully saturated rings. The molecule has 25 heavy (non-hydrogen) atoms. The molecule has 0 atom stereocenters. The van der Waals surface area contributed by atoms with Gasteiger partial charge in [0.15, 0.2) is 23.9 Å². The first kappa shape index (κ1) is 19.5. The third-order valence-electron chi connectivity index (χ3n) is 3.31. The van der Waals surface area contributed by atoms with E-state index in [1.54, 1.807) is 26.0 Å². The Hall–Kier alpha value is -1.79. The van der Waals surface area contributed by atoms with E-state index in [1.807, 2.05) is 0 Å². The minimum atomic E-state index is -2.93. The molecule has 136 valence electrons. The van der Waals surface area contributed by atoms with E-state index >= 15 is 0 Å². The summed E-state index contributed by atoms with van der Waals surface area (Å²) < 4.78 is 35.6. The summed E-state index contributed by atoms with van der Waals surface area (Å²) in [5.74, 6) is 0.228. The maximum atomic E-state index is 12.5. The van der Waals surface area contributed by atoms with E-state index in [9.17, 15) is 14.0 Å². The maximum Gasteiger partial charge on any atom is 0.387 e. The Labute approximate surface area is 154 Å². The number of alkyl halides is 2. The van der Waals surface area contributed by atoms with E-state index < -0.39 is 6.61 Å². The summed E-state index contributed by atoms with van der Waals surface area (Å²) in [5.41, 5.74) is 1.48. The van der Waals surface area contributed by atoms with E-state index in [0.717, 1.165) is 5.56 Å². The maximum absolute atomic E-state index is 12.5. The molecule has 1 aromatic heterocycles. The van der Waals surface area contributed by atoms with Gasteiger partial charge in [0.25, 0.3) is 0 Å². The third-order valence-corrected chi connectivity index (χ3v) is 3.96. The first-order valence-electron chi connectivity index (χ1n) is 7.57. The predicted octanol–water partition coefficient (Wildman–Crippen LogP) is 4.80. The van der Waals surface area contributed by atoms with Gasteiger partial charge in [-0.15, -0.1) is 0 Å². The van der Waals surface area contributed by atoms with Crippen molar-refractivity contribution in [3.05, 3.63) is 57.0 Å². The van der Waals surface area contributed by atoms with Crippen molar-refractivity contribution >= 4 is 23.2 Å². The lowest BCUT2D eigenvalue weighted by atomic mass is 10.0. The van der Waals surface area contributed by atoms with E-state index in [4.69, 9.17) is 27.9 Å². The van der Waals surface area contributed by atoms with Crippen molar-refractivity contribution in [2.24, 2.45) is 0 Å². The standard InChI is InChI=1S/C17H17Cl2F2NO3/c1-10(2)24-16-7-11(4-6-15(16)25-17(20)21)3-5-12-13(18)8-22(23)9-14(12)19/h4,6-10,17H,3,5H2,1-2H3. The van der Waals surface area contributed by atoms with Gasteiger partial charge in [-0.05, 0) is 44.4 Å². The van der Waals surface area contributed by atoms with Gasteiger partial charge < -0.3 is 14.7 Å². The molecule has 1 aromatic carbocycles. The Balaban J connectivity index is 2.20. The van der Waals surface area contributed by atoms with Gasteiger partial charge in [0.2, 0.25) is 0 Å². The fourth-order valence-electron chi connectivity index (χ4n) is 2.29. The molecule has 0 aliphatic heterocycles. The molecule has 0 radical (unpaired) electrons. The van der Waals surface area contributed by atoms with Crippen molar-refractivity contribution in [3.8, 4) is 11.5 Å². The minimum absolute atomic E-state index is 0.0179. The molecule has 0 unspecified atom stereocenters. The van der Waals surface area contributed by atoms with Gasteiger partial charge in [-0.3, -0.25) is 0 Å². The Kier molecular flexibility index (Phi) is 6.67. The van der Waals surface area contributed by atoms with Crippen molar-refractivity contribution in [2.75, 3.05) is 0 Å². The summed E-state index contributed by atoms with van der Waals surface area (Å²) in [4.78, 5) is 0. The van der Waals surface area contributed by atoms with Crippen LogP contribution in [-0.2, 0) is 12.8 Å². The Morgan fingerprint density at radius 2 is 1.68 bits per heavy atom. The van der Waals surface area contributed by atoms with Crippen LogP contribution in [0.15, 0.2) is 30.6 Å². The summed E-state index contributed by atoms with van der Waals surface area (Å²) in [6, 6.07) is 4.76.